The van der Waals surface area contributed by atoms with E-state index in [1.165, 1.54) is 44.1 Å². The molecule has 0 fully saturated rings. The molecular formula is C60H42N2. The van der Waals surface area contributed by atoms with Gasteiger partial charge in [0.05, 0.1) is 33.8 Å². The van der Waals surface area contributed by atoms with Crippen LogP contribution < -0.4 is 4.90 Å². The fraction of sp³-hybridized carbons (Fsp3) is 0. The summed E-state index contributed by atoms with van der Waals surface area (Å²) in [5.74, 6) is 0. The molecule has 0 saturated carbocycles. The molecule has 11 rings (SSSR count). The van der Waals surface area contributed by atoms with Crippen molar-refractivity contribution in [2.45, 2.75) is 0 Å². The zero-order valence-corrected chi connectivity index (χ0v) is 34.1. The van der Waals surface area contributed by atoms with Crippen LogP contribution in [0, 0.1) is 0 Å². The number of nitrogens with zero attached hydrogens (tertiary/aromatic N) is 2. The zero-order valence-electron chi connectivity index (χ0n) is 34.1. The molecule has 0 aliphatic rings. The van der Waals surface area contributed by atoms with Gasteiger partial charge in [-0.2, -0.15) is 0 Å². The number of hydrogen-bond donors (Lipinski definition) is 0. The van der Waals surface area contributed by atoms with Crippen LogP contribution in [0.3, 0.4) is 0 Å². The second-order valence-electron chi connectivity index (χ2n) is 15.6. The first-order valence-corrected chi connectivity index (χ1v) is 21.3. The molecule has 0 aliphatic heterocycles. The van der Waals surface area contributed by atoms with Crippen molar-refractivity contribution in [1.82, 2.24) is 4.57 Å². The lowest BCUT2D eigenvalue weighted by Gasteiger charge is -2.33. The van der Waals surface area contributed by atoms with Gasteiger partial charge in [0.15, 0.2) is 0 Å². The van der Waals surface area contributed by atoms with Gasteiger partial charge in [0, 0.05) is 21.9 Å². The summed E-state index contributed by atoms with van der Waals surface area (Å²) in [5, 5.41) is 2.46. The van der Waals surface area contributed by atoms with E-state index in [0.29, 0.717) is 0 Å². The van der Waals surface area contributed by atoms with Gasteiger partial charge in [0.1, 0.15) is 0 Å². The number of benzene rings is 10. The maximum Gasteiger partial charge on any atom is 0.0702 e. The number of anilines is 3. The Hall–Kier alpha value is -8.20. The lowest BCUT2D eigenvalue weighted by atomic mass is 9.87. The van der Waals surface area contributed by atoms with E-state index in [0.717, 1.165) is 56.1 Å². The van der Waals surface area contributed by atoms with Crippen LogP contribution in [0.15, 0.2) is 255 Å². The first kappa shape index (κ1) is 36.8. The average Bonchev–Trinajstić information content (AvgIpc) is 3.69. The highest BCUT2D eigenvalue weighted by Crippen LogP contribution is 2.51. The molecule has 0 unspecified atom stereocenters. The Morgan fingerprint density at radius 1 is 0.242 bits per heavy atom. The standard InChI is InChI=1S/C60H42N2/c1-4-21-43(22-5-1)44-39-41-47(42-40-44)49-28-12-15-33-54(49)62(58-37-19-18-36-57(58)61-55-34-16-13-29-51(55)52-30-14-17-35-56(52)61)59-38-20-32-50(46-25-8-3-9-26-46)60(59)53-31-11-10-27-48(53)45-23-6-2-7-24-45/h1-42H. The monoisotopic (exact) mass is 790 g/mol. The second kappa shape index (κ2) is 16.1. The summed E-state index contributed by atoms with van der Waals surface area (Å²) in [5.41, 5.74) is 18.3. The average molecular weight is 791 g/mol. The minimum Gasteiger partial charge on any atom is -0.307 e. The SMILES string of the molecule is c1ccc(-c2ccc(-c3ccccc3N(c3ccccc3-n3c4ccccc4c4ccccc43)c3cccc(-c4ccccc4)c3-c3ccccc3-c3ccccc3)cc2)cc1. The van der Waals surface area contributed by atoms with E-state index >= 15 is 0 Å². The Labute approximate surface area is 362 Å². The van der Waals surface area contributed by atoms with Crippen molar-refractivity contribution in [2.75, 3.05) is 4.90 Å². The van der Waals surface area contributed by atoms with Gasteiger partial charge in [-0.05, 0) is 80.9 Å². The topological polar surface area (TPSA) is 8.17 Å². The van der Waals surface area contributed by atoms with E-state index in [1.807, 2.05) is 0 Å². The summed E-state index contributed by atoms with van der Waals surface area (Å²) in [7, 11) is 0. The lowest BCUT2D eigenvalue weighted by Crippen LogP contribution is -2.15. The summed E-state index contributed by atoms with van der Waals surface area (Å²) in [6.45, 7) is 0. The van der Waals surface area contributed by atoms with Crippen molar-refractivity contribution in [1.29, 1.82) is 0 Å². The smallest absolute Gasteiger partial charge is 0.0702 e. The molecule has 0 saturated heterocycles. The van der Waals surface area contributed by atoms with E-state index in [4.69, 9.17) is 0 Å². The van der Waals surface area contributed by atoms with Crippen LogP contribution in [-0.4, -0.2) is 4.57 Å². The third-order valence-electron chi connectivity index (χ3n) is 12.0. The van der Waals surface area contributed by atoms with Crippen molar-refractivity contribution in [3.05, 3.63) is 255 Å². The highest BCUT2D eigenvalue weighted by molar-refractivity contribution is 6.10. The van der Waals surface area contributed by atoms with Crippen molar-refractivity contribution in [3.63, 3.8) is 0 Å². The molecule has 0 spiro atoms. The second-order valence-corrected chi connectivity index (χ2v) is 15.6. The zero-order chi connectivity index (χ0) is 41.2. The Kier molecular flexibility index (Phi) is 9.57. The molecule has 0 N–H and O–H groups in total. The molecule has 11 aromatic rings. The van der Waals surface area contributed by atoms with Gasteiger partial charge in [-0.15, -0.1) is 0 Å². The molecule has 292 valence electrons. The summed E-state index contributed by atoms with van der Waals surface area (Å²) in [6.07, 6.45) is 0. The van der Waals surface area contributed by atoms with E-state index in [1.54, 1.807) is 0 Å². The Morgan fingerprint density at radius 3 is 1.29 bits per heavy atom. The molecule has 10 aromatic carbocycles. The van der Waals surface area contributed by atoms with Crippen LogP contribution in [0.2, 0.25) is 0 Å². The van der Waals surface area contributed by atoms with Gasteiger partial charge in [-0.3, -0.25) is 0 Å². The van der Waals surface area contributed by atoms with E-state index in [9.17, 15) is 0 Å². The highest BCUT2D eigenvalue weighted by atomic mass is 15.2. The molecule has 0 atom stereocenters. The van der Waals surface area contributed by atoms with Crippen molar-refractivity contribution < 1.29 is 0 Å². The molecule has 0 bridgehead atoms. The number of fused-ring (bicyclic) bond motifs is 3. The van der Waals surface area contributed by atoms with E-state index in [2.05, 4.69) is 264 Å². The first-order chi connectivity index (χ1) is 30.8. The summed E-state index contributed by atoms with van der Waals surface area (Å²) in [4.78, 5) is 2.52. The summed E-state index contributed by atoms with van der Waals surface area (Å²) >= 11 is 0. The van der Waals surface area contributed by atoms with E-state index in [-0.39, 0.29) is 0 Å². The Morgan fingerprint density at radius 2 is 0.645 bits per heavy atom. The van der Waals surface area contributed by atoms with Crippen LogP contribution in [0.5, 0.6) is 0 Å². The fourth-order valence-electron chi connectivity index (χ4n) is 9.24. The maximum absolute atomic E-state index is 2.52. The minimum atomic E-state index is 1.07. The normalized spacial score (nSPS) is 11.2. The van der Waals surface area contributed by atoms with Crippen molar-refractivity contribution in [2.24, 2.45) is 0 Å². The molecule has 1 heterocycles. The van der Waals surface area contributed by atoms with Gasteiger partial charge in [0.25, 0.3) is 0 Å². The predicted octanol–water partition coefficient (Wildman–Crippen LogP) is 16.6. The van der Waals surface area contributed by atoms with Crippen LogP contribution in [0.1, 0.15) is 0 Å². The van der Waals surface area contributed by atoms with Gasteiger partial charge in [-0.1, -0.05) is 218 Å². The number of aromatic nitrogens is 1. The molecule has 62 heavy (non-hydrogen) atoms. The quantitative estimate of drug-likeness (QED) is 0.141. The Bertz CT molecular complexity index is 3280. The third kappa shape index (κ3) is 6.56. The van der Waals surface area contributed by atoms with Crippen LogP contribution in [0.4, 0.5) is 17.1 Å². The number of rotatable bonds is 9. The lowest BCUT2D eigenvalue weighted by molar-refractivity contribution is 1.15. The largest absolute Gasteiger partial charge is 0.307 e. The van der Waals surface area contributed by atoms with Gasteiger partial charge in [0.2, 0.25) is 0 Å². The molecule has 0 aliphatic carbocycles. The third-order valence-corrected chi connectivity index (χ3v) is 12.0. The Balaban J connectivity index is 1.24. The number of para-hydroxylation sites is 5. The molecule has 2 heteroatoms. The van der Waals surface area contributed by atoms with Crippen LogP contribution in [0.25, 0.3) is 83.1 Å². The molecule has 0 radical (unpaired) electrons. The summed E-state index contributed by atoms with van der Waals surface area (Å²) < 4.78 is 2.45. The van der Waals surface area contributed by atoms with Crippen molar-refractivity contribution in [3.8, 4) is 61.3 Å². The number of hydrogen-bond acceptors (Lipinski definition) is 1. The minimum absolute atomic E-state index is 1.07. The fourth-order valence-corrected chi connectivity index (χ4v) is 9.24. The highest BCUT2D eigenvalue weighted by Gasteiger charge is 2.27. The van der Waals surface area contributed by atoms with Gasteiger partial charge >= 0.3 is 0 Å². The van der Waals surface area contributed by atoms with Gasteiger partial charge in [-0.25, -0.2) is 0 Å². The van der Waals surface area contributed by atoms with Gasteiger partial charge < -0.3 is 9.47 Å². The maximum atomic E-state index is 2.52. The van der Waals surface area contributed by atoms with E-state index < -0.39 is 0 Å². The molecule has 0 amide bonds. The first-order valence-electron chi connectivity index (χ1n) is 21.3. The van der Waals surface area contributed by atoms with Crippen LogP contribution in [-0.2, 0) is 0 Å². The summed E-state index contributed by atoms with van der Waals surface area (Å²) in [6, 6.07) is 92.3. The molecule has 1 aromatic heterocycles. The van der Waals surface area contributed by atoms with Crippen LogP contribution >= 0.6 is 0 Å². The van der Waals surface area contributed by atoms with Crippen molar-refractivity contribution >= 4 is 38.9 Å². The molecule has 2 nitrogen and oxygen atoms in total. The predicted molar refractivity (Wildman–Crippen MR) is 263 cm³/mol. The molecular weight excluding hydrogens is 749 g/mol.